The van der Waals surface area contributed by atoms with E-state index < -0.39 is 0 Å². The first-order chi connectivity index (χ1) is 11.4. The van der Waals surface area contributed by atoms with Crippen LogP contribution in [0.2, 0.25) is 0 Å². The molecule has 1 saturated heterocycles. The minimum atomic E-state index is 0.277. The molecule has 1 aliphatic rings. The monoisotopic (exact) mass is 319 g/mol. The van der Waals surface area contributed by atoms with Gasteiger partial charge in [-0.1, -0.05) is 57.2 Å². The Hall–Kier alpha value is -1.06. The van der Waals surface area contributed by atoms with Crippen LogP contribution in [0.4, 0.5) is 0 Å². The van der Waals surface area contributed by atoms with Gasteiger partial charge in [0.15, 0.2) is 0 Å². The lowest BCUT2D eigenvalue weighted by Gasteiger charge is -2.15. The Bertz CT molecular complexity index is 416. The Morgan fingerprint density at radius 2 is 1.96 bits per heavy atom. The number of nitrogens with one attached hydrogen (secondary N) is 1. The zero-order chi connectivity index (χ0) is 16.2. The molecule has 0 amide bonds. The maximum Gasteiger partial charge on any atom is 0.123 e. The maximum atomic E-state index is 5.98. The van der Waals surface area contributed by atoms with Crippen LogP contribution in [-0.2, 0) is 11.3 Å². The van der Waals surface area contributed by atoms with Gasteiger partial charge in [-0.05, 0) is 31.9 Å². The Morgan fingerprint density at radius 3 is 2.78 bits per heavy atom. The van der Waals surface area contributed by atoms with E-state index in [0.717, 1.165) is 38.3 Å². The highest BCUT2D eigenvalue weighted by atomic mass is 16.5. The van der Waals surface area contributed by atoms with Gasteiger partial charge in [-0.25, -0.2) is 0 Å². The summed E-state index contributed by atoms with van der Waals surface area (Å²) in [6.07, 6.45) is 10.6. The third-order valence-electron chi connectivity index (χ3n) is 4.44. The van der Waals surface area contributed by atoms with E-state index >= 15 is 0 Å². The highest BCUT2D eigenvalue weighted by Crippen LogP contribution is 2.20. The summed E-state index contributed by atoms with van der Waals surface area (Å²) in [6, 6.07) is 8.35. The van der Waals surface area contributed by atoms with Crippen molar-refractivity contribution >= 4 is 0 Å². The summed E-state index contributed by atoms with van der Waals surface area (Å²) in [5.41, 5.74) is 1.25. The molecule has 23 heavy (non-hydrogen) atoms. The maximum absolute atomic E-state index is 5.98. The molecule has 3 nitrogen and oxygen atoms in total. The van der Waals surface area contributed by atoms with Crippen LogP contribution in [0, 0.1) is 0 Å². The van der Waals surface area contributed by atoms with Crippen molar-refractivity contribution in [2.75, 3.05) is 19.8 Å². The van der Waals surface area contributed by atoms with Gasteiger partial charge in [-0.15, -0.1) is 0 Å². The Labute approximate surface area is 141 Å². The number of unbranched alkanes of at least 4 members (excludes halogenated alkanes) is 5. The fourth-order valence-corrected chi connectivity index (χ4v) is 3.00. The molecule has 130 valence electrons. The van der Waals surface area contributed by atoms with E-state index in [-0.39, 0.29) is 6.10 Å². The minimum Gasteiger partial charge on any atom is -0.491 e. The predicted octanol–water partition coefficient (Wildman–Crippen LogP) is 4.69. The second-order valence-electron chi connectivity index (χ2n) is 6.50. The number of rotatable bonds is 12. The molecule has 0 saturated carbocycles. The van der Waals surface area contributed by atoms with Gasteiger partial charge >= 0.3 is 0 Å². The van der Waals surface area contributed by atoms with E-state index in [2.05, 4.69) is 30.4 Å². The van der Waals surface area contributed by atoms with Crippen molar-refractivity contribution in [3.05, 3.63) is 29.8 Å². The van der Waals surface area contributed by atoms with Gasteiger partial charge in [0.1, 0.15) is 12.4 Å². The Morgan fingerprint density at radius 1 is 1.13 bits per heavy atom. The van der Waals surface area contributed by atoms with Crippen LogP contribution >= 0.6 is 0 Å². The Balaban J connectivity index is 1.62. The van der Waals surface area contributed by atoms with Gasteiger partial charge in [0.05, 0.1) is 6.10 Å². The van der Waals surface area contributed by atoms with Crippen molar-refractivity contribution in [3.8, 4) is 5.75 Å². The fraction of sp³-hybridized carbons (Fsp3) is 0.700. The van der Waals surface area contributed by atoms with Gasteiger partial charge in [-0.3, -0.25) is 0 Å². The first-order valence-corrected chi connectivity index (χ1v) is 9.43. The molecule has 1 aromatic carbocycles. The van der Waals surface area contributed by atoms with Crippen LogP contribution in [0.1, 0.15) is 63.9 Å². The average molecular weight is 319 g/mol. The van der Waals surface area contributed by atoms with Crippen LogP contribution in [0.3, 0.4) is 0 Å². The summed E-state index contributed by atoms with van der Waals surface area (Å²) in [4.78, 5) is 0. The van der Waals surface area contributed by atoms with Crippen LogP contribution in [0.5, 0.6) is 5.75 Å². The van der Waals surface area contributed by atoms with Crippen molar-refractivity contribution in [1.82, 2.24) is 5.32 Å². The summed E-state index contributed by atoms with van der Waals surface area (Å²) in [5.74, 6) is 0.999. The van der Waals surface area contributed by atoms with Crippen LogP contribution in [-0.4, -0.2) is 25.9 Å². The number of hydrogen-bond donors (Lipinski definition) is 1. The molecule has 1 aliphatic heterocycles. The molecule has 0 aromatic heterocycles. The molecule has 3 heteroatoms. The molecular weight excluding hydrogens is 286 g/mol. The normalized spacial score (nSPS) is 17.5. The molecule has 1 N–H and O–H groups in total. The first-order valence-electron chi connectivity index (χ1n) is 9.43. The molecule has 0 bridgehead atoms. The lowest BCUT2D eigenvalue weighted by Crippen LogP contribution is -2.19. The van der Waals surface area contributed by atoms with E-state index in [1.54, 1.807) is 0 Å². The van der Waals surface area contributed by atoms with Crippen molar-refractivity contribution < 1.29 is 9.47 Å². The van der Waals surface area contributed by atoms with Crippen molar-refractivity contribution in [2.24, 2.45) is 0 Å². The van der Waals surface area contributed by atoms with Gasteiger partial charge < -0.3 is 14.8 Å². The molecule has 1 heterocycles. The summed E-state index contributed by atoms with van der Waals surface area (Å²) < 4.78 is 11.6. The fourth-order valence-electron chi connectivity index (χ4n) is 3.00. The van der Waals surface area contributed by atoms with Crippen LogP contribution in [0.15, 0.2) is 24.3 Å². The molecule has 1 atom stereocenters. The molecule has 0 spiro atoms. The SMILES string of the molecule is CCCCCCCCNCc1ccccc1OCC1CCCO1. The topological polar surface area (TPSA) is 30.5 Å². The van der Waals surface area contributed by atoms with E-state index in [9.17, 15) is 0 Å². The molecule has 1 unspecified atom stereocenters. The first kappa shape index (κ1) is 18.3. The van der Waals surface area contributed by atoms with Crippen molar-refractivity contribution in [3.63, 3.8) is 0 Å². The quantitative estimate of drug-likeness (QED) is 0.567. The smallest absolute Gasteiger partial charge is 0.123 e. The number of hydrogen-bond acceptors (Lipinski definition) is 3. The van der Waals surface area contributed by atoms with E-state index in [1.165, 1.54) is 44.1 Å². The highest BCUT2D eigenvalue weighted by molar-refractivity contribution is 5.33. The third-order valence-corrected chi connectivity index (χ3v) is 4.44. The Kier molecular flexibility index (Phi) is 9.12. The van der Waals surface area contributed by atoms with Crippen LogP contribution < -0.4 is 10.1 Å². The second-order valence-corrected chi connectivity index (χ2v) is 6.50. The van der Waals surface area contributed by atoms with Gasteiger partial charge in [0.2, 0.25) is 0 Å². The van der Waals surface area contributed by atoms with Crippen molar-refractivity contribution in [2.45, 2.75) is 70.9 Å². The standard InChI is InChI=1S/C20H33NO2/c1-2-3-4-5-6-9-14-21-16-18-11-7-8-13-20(18)23-17-19-12-10-15-22-19/h7-8,11,13,19,21H,2-6,9-10,12,14-17H2,1H3. The molecular formula is C20H33NO2. The highest BCUT2D eigenvalue weighted by Gasteiger charge is 2.16. The van der Waals surface area contributed by atoms with E-state index in [4.69, 9.17) is 9.47 Å². The number of para-hydroxylation sites is 1. The largest absolute Gasteiger partial charge is 0.491 e. The van der Waals surface area contributed by atoms with Crippen molar-refractivity contribution in [1.29, 1.82) is 0 Å². The lowest BCUT2D eigenvalue weighted by molar-refractivity contribution is 0.0676. The molecule has 0 radical (unpaired) electrons. The van der Waals surface area contributed by atoms with Gasteiger partial charge in [0.25, 0.3) is 0 Å². The zero-order valence-electron chi connectivity index (χ0n) is 14.7. The van der Waals surface area contributed by atoms with E-state index in [0.29, 0.717) is 6.61 Å². The van der Waals surface area contributed by atoms with Gasteiger partial charge in [-0.2, -0.15) is 0 Å². The summed E-state index contributed by atoms with van der Waals surface area (Å²) >= 11 is 0. The van der Waals surface area contributed by atoms with Crippen LogP contribution in [0.25, 0.3) is 0 Å². The third kappa shape index (κ3) is 7.36. The van der Waals surface area contributed by atoms with E-state index in [1.807, 2.05) is 6.07 Å². The molecule has 1 fully saturated rings. The second kappa shape index (κ2) is 11.5. The zero-order valence-corrected chi connectivity index (χ0v) is 14.7. The van der Waals surface area contributed by atoms with Gasteiger partial charge in [0, 0.05) is 18.7 Å². The summed E-state index contributed by atoms with van der Waals surface area (Å²) in [7, 11) is 0. The average Bonchev–Trinajstić information content (AvgIpc) is 3.10. The minimum absolute atomic E-state index is 0.277. The number of benzene rings is 1. The predicted molar refractivity (Wildman–Crippen MR) is 96.0 cm³/mol. The molecule has 2 rings (SSSR count). The lowest BCUT2D eigenvalue weighted by atomic mass is 10.1. The molecule has 0 aliphatic carbocycles. The summed E-state index contributed by atoms with van der Waals surface area (Å²) in [6.45, 7) is 5.80. The summed E-state index contributed by atoms with van der Waals surface area (Å²) in [5, 5.41) is 3.55. The number of ether oxygens (including phenoxy) is 2. The molecule has 1 aromatic rings.